The highest BCUT2D eigenvalue weighted by molar-refractivity contribution is 6.48. The van der Waals surface area contributed by atoms with Gasteiger partial charge in [0.05, 0.1) is 24.1 Å². The van der Waals surface area contributed by atoms with E-state index in [1.165, 1.54) is 6.07 Å². The predicted octanol–water partition coefficient (Wildman–Crippen LogP) is 5.96. The van der Waals surface area contributed by atoms with E-state index in [1.807, 2.05) is 6.07 Å². The molecule has 1 aliphatic rings. The minimum absolute atomic E-state index is 0.189. The maximum Gasteiger partial charge on any atom is 0.416 e. The van der Waals surface area contributed by atoms with Crippen LogP contribution in [-0.4, -0.2) is 19.1 Å². The van der Waals surface area contributed by atoms with Crippen LogP contribution in [0.15, 0.2) is 77.8 Å². The number of halogens is 3. The van der Waals surface area contributed by atoms with Gasteiger partial charge in [-0.3, -0.25) is 4.79 Å². The Morgan fingerprint density at radius 2 is 1.60 bits per heavy atom. The molecule has 0 N–H and O–H groups in total. The van der Waals surface area contributed by atoms with Gasteiger partial charge in [-0.25, -0.2) is 4.99 Å². The fourth-order valence-corrected chi connectivity index (χ4v) is 3.47. The quantitative estimate of drug-likeness (QED) is 0.501. The second-order valence-electron chi connectivity index (χ2n) is 6.69. The van der Waals surface area contributed by atoms with Crippen molar-refractivity contribution in [3.63, 3.8) is 0 Å². The summed E-state index contributed by atoms with van der Waals surface area (Å²) in [5.74, 6) is 0.660. The lowest BCUT2D eigenvalue weighted by molar-refractivity contribution is -0.137. The molecule has 0 aliphatic heterocycles. The Bertz CT molecular complexity index is 1160. The number of nitrogens with zero attached hydrogens (tertiary/aromatic N) is 1. The summed E-state index contributed by atoms with van der Waals surface area (Å²) in [7, 11) is 1.55. The molecule has 3 aromatic carbocycles. The highest BCUT2D eigenvalue weighted by atomic mass is 19.4. The minimum atomic E-state index is -4.51. The maximum absolute atomic E-state index is 13.3. The van der Waals surface area contributed by atoms with Crippen LogP contribution in [0.3, 0.4) is 0 Å². The molecular formula is C24H16F3NO2. The predicted molar refractivity (Wildman–Crippen MR) is 110 cm³/mol. The molecule has 0 saturated heterocycles. The molecule has 1 aliphatic carbocycles. The molecule has 6 heteroatoms. The first-order valence-corrected chi connectivity index (χ1v) is 9.12. The zero-order chi connectivity index (χ0) is 21.3. The molecule has 30 heavy (non-hydrogen) atoms. The molecule has 0 radical (unpaired) electrons. The van der Waals surface area contributed by atoms with E-state index in [-0.39, 0.29) is 11.1 Å². The summed E-state index contributed by atoms with van der Waals surface area (Å²) >= 11 is 0. The Labute approximate surface area is 171 Å². The molecule has 4 rings (SSSR count). The van der Waals surface area contributed by atoms with Crippen molar-refractivity contribution in [2.24, 2.45) is 4.99 Å². The van der Waals surface area contributed by atoms with Gasteiger partial charge in [0, 0.05) is 16.7 Å². The second kappa shape index (κ2) is 7.63. The van der Waals surface area contributed by atoms with Gasteiger partial charge in [-0.15, -0.1) is 0 Å². The monoisotopic (exact) mass is 407 g/mol. The number of benzene rings is 3. The number of ether oxygens (including phenoxy) is 1. The fourth-order valence-electron chi connectivity index (χ4n) is 3.47. The lowest BCUT2D eigenvalue weighted by atomic mass is 9.99. The summed E-state index contributed by atoms with van der Waals surface area (Å²) in [4.78, 5) is 16.7. The summed E-state index contributed by atoms with van der Waals surface area (Å²) in [5.41, 5.74) is 2.36. The van der Waals surface area contributed by atoms with Crippen LogP contribution >= 0.6 is 0 Å². The van der Waals surface area contributed by atoms with E-state index in [0.29, 0.717) is 40.1 Å². The number of methoxy groups -OCH3 is 1. The smallest absolute Gasteiger partial charge is 0.416 e. The number of aldehydes is 1. The van der Waals surface area contributed by atoms with Gasteiger partial charge in [0.15, 0.2) is 6.29 Å². The van der Waals surface area contributed by atoms with Crippen LogP contribution < -0.4 is 4.74 Å². The first kappa shape index (κ1) is 19.6. The van der Waals surface area contributed by atoms with Crippen molar-refractivity contribution in [1.82, 2.24) is 0 Å². The number of fused-ring (bicyclic) bond motifs is 1. The number of hydrogen-bond acceptors (Lipinski definition) is 3. The molecular weight excluding hydrogens is 391 g/mol. The molecule has 0 saturated carbocycles. The molecule has 0 bridgehead atoms. The second-order valence-corrected chi connectivity index (χ2v) is 6.69. The van der Waals surface area contributed by atoms with E-state index in [9.17, 15) is 18.0 Å². The van der Waals surface area contributed by atoms with Gasteiger partial charge in [0.25, 0.3) is 0 Å². The van der Waals surface area contributed by atoms with Gasteiger partial charge in [0.2, 0.25) is 0 Å². The van der Waals surface area contributed by atoms with Gasteiger partial charge in [-0.2, -0.15) is 13.2 Å². The normalized spacial score (nSPS) is 14.7. The van der Waals surface area contributed by atoms with Crippen LogP contribution in [0.5, 0.6) is 5.75 Å². The fraction of sp³-hybridized carbons (Fsp3) is 0.0833. The van der Waals surface area contributed by atoms with Gasteiger partial charge < -0.3 is 4.74 Å². The first-order valence-electron chi connectivity index (χ1n) is 9.12. The van der Waals surface area contributed by atoms with Gasteiger partial charge in [0.1, 0.15) is 5.75 Å². The van der Waals surface area contributed by atoms with E-state index >= 15 is 0 Å². The van der Waals surface area contributed by atoms with Gasteiger partial charge in [-0.05, 0) is 47.5 Å². The average molecular weight is 407 g/mol. The standard InChI is InChI=1S/C24H16F3NO2/c1-30-18-10-8-17(9-11-18)28-23-19-12-7-16(24(25,26)27)13-20(19)21(14-29)22(23)15-5-3-2-4-6-15/h2-14H,1H3. The van der Waals surface area contributed by atoms with Crippen LogP contribution in [-0.2, 0) is 11.0 Å². The van der Waals surface area contributed by atoms with Gasteiger partial charge in [-0.1, -0.05) is 36.4 Å². The highest BCUT2D eigenvalue weighted by Gasteiger charge is 2.35. The Hall–Kier alpha value is -3.67. The summed E-state index contributed by atoms with van der Waals surface area (Å²) in [6.07, 6.45) is -3.91. The van der Waals surface area contributed by atoms with Crippen molar-refractivity contribution in [1.29, 1.82) is 0 Å². The molecule has 0 atom stereocenters. The Morgan fingerprint density at radius 3 is 2.20 bits per heavy atom. The maximum atomic E-state index is 13.3. The number of carbonyl (C=O) groups is 1. The third-order valence-electron chi connectivity index (χ3n) is 4.89. The van der Waals surface area contributed by atoms with Crippen LogP contribution in [0.2, 0.25) is 0 Å². The summed E-state index contributed by atoms with van der Waals surface area (Å²) in [6.45, 7) is 0. The van der Waals surface area contributed by atoms with Crippen molar-refractivity contribution >= 4 is 28.8 Å². The zero-order valence-electron chi connectivity index (χ0n) is 15.9. The average Bonchev–Trinajstić information content (AvgIpc) is 3.07. The van der Waals surface area contributed by atoms with E-state index in [0.717, 1.165) is 12.1 Å². The Kier molecular flexibility index (Phi) is 4.99. The van der Waals surface area contributed by atoms with E-state index < -0.39 is 11.7 Å². The minimum Gasteiger partial charge on any atom is -0.497 e. The Morgan fingerprint density at radius 1 is 0.900 bits per heavy atom. The molecule has 0 heterocycles. The van der Waals surface area contributed by atoms with Crippen LogP contribution in [0.4, 0.5) is 18.9 Å². The molecule has 0 aromatic heterocycles. The number of allylic oxidation sites excluding steroid dienone is 2. The lowest BCUT2D eigenvalue weighted by Crippen LogP contribution is -2.06. The highest BCUT2D eigenvalue weighted by Crippen LogP contribution is 2.41. The largest absolute Gasteiger partial charge is 0.497 e. The molecule has 3 aromatic rings. The van der Waals surface area contributed by atoms with Crippen molar-refractivity contribution < 1.29 is 22.7 Å². The van der Waals surface area contributed by atoms with Crippen molar-refractivity contribution in [3.8, 4) is 5.75 Å². The number of aliphatic imine (C=N–C) groups is 1. The molecule has 150 valence electrons. The third-order valence-corrected chi connectivity index (χ3v) is 4.89. The Balaban J connectivity index is 1.96. The van der Waals surface area contributed by atoms with E-state index in [4.69, 9.17) is 4.74 Å². The van der Waals surface area contributed by atoms with Crippen LogP contribution in [0.25, 0.3) is 11.1 Å². The van der Waals surface area contributed by atoms with Crippen LogP contribution in [0, 0.1) is 0 Å². The molecule has 0 fully saturated rings. The molecule has 0 unspecified atom stereocenters. The van der Waals surface area contributed by atoms with Crippen LogP contribution in [0.1, 0.15) is 22.3 Å². The number of hydrogen-bond donors (Lipinski definition) is 0. The van der Waals surface area contributed by atoms with E-state index in [2.05, 4.69) is 4.99 Å². The number of carbonyl (C=O) groups excluding carboxylic acids is 1. The lowest BCUT2D eigenvalue weighted by Gasteiger charge is -2.10. The third kappa shape index (κ3) is 3.52. The number of alkyl halides is 3. The van der Waals surface area contributed by atoms with Crippen molar-refractivity contribution in [2.45, 2.75) is 6.18 Å². The summed E-state index contributed by atoms with van der Waals surface area (Å²) < 4.78 is 45.0. The van der Waals surface area contributed by atoms with E-state index in [1.54, 1.807) is 55.6 Å². The first-order chi connectivity index (χ1) is 14.4. The van der Waals surface area contributed by atoms with Crippen molar-refractivity contribution in [3.05, 3.63) is 95.1 Å². The molecule has 3 nitrogen and oxygen atoms in total. The SMILES string of the molecule is COc1ccc(N=C2C(c3ccccc3)=C(C=O)c3cc(C(F)(F)F)ccc32)cc1. The summed E-state index contributed by atoms with van der Waals surface area (Å²) in [6, 6.07) is 19.4. The topological polar surface area (TPSA) is 38.7 Å². The zero-order valence-corrected chi connectivity index (χ0v) is 15.9. The number of rotatable bonds is 4. The molecule has 0 amide bonds. The van der Waals surface area contributed by atoms with Gasteiger partial charge >= 0.3 is 6.18 Å². The summed E-state index contributed by atoms with van der Waals surface area (Å²) in [5, 5.41) is 0. The molecule has 0 spiro atoms. The van der Waals surface area contributed by atoms with Crippen molar-refractivity contribution in [2.75, 3.05) is 7.11 Å².